The molecule has 0 aliphatic carbocycles. The third kappa shape index (κ3) is 2.74. The van der Waals surface area contributed by atoms with E-state index in [2.05, 4.69) is 15.9 Å². The summed E-state index contributed by atoms with van der Waals surface area (Å²) in [6.45, 7) is 0. The standard InChI is InChI=1S/C9H10BrNO4/c1-14-9(15-2)7-5-6(11(12)13)3-4-8(7)10/h3-5,9H,1-2H3. The Morgan fingerprint density at radius 2 is 2.00 bits per heavy atom. The third-order valence-corrected chi connectivity index (χ3v) is 2.59. The molecule has 0 aliphatic rings. The highest BCUT2D eigenvalue weighted by atomic mass is 79.9. The van der Waals surface area contributed by atoms with Crippen molar-refractivity contribution in [3.63, 3.8) is 0 Å². The Morgan fingerprint density at radius 1 is 1.40 bits per heavy atom. The predicted octanol–water partition coefficient (Wildman–Crippen LogP) is 2.65. The SMILES string of the molecule is COC(OC)c1cc([N+](=O)[O-])ccc1Br. The molecule has 1 rings (SSSR count). The number of nitro groups is 1. The molecule has 0 spiro atoms. The van der Waals surface area contributed by atoms with Crippen LogP contribution >= 0.6 is 15.9 Å². The van der Waals surface area contributed by atoms with Crippen LogP contribution in [0.5, 0.6) is 0 Å². The first-order valence-electron chi connectivity index (χ1n) is 4.09. The second-order valence-corrected chi connectivity index (χ2v) is 3.62. The molecule has 0 atom stereocenters. The summed E-state index contributed by atoms with van der Waals surface area (Å²) in [7, 11) is 2.94. The first-order chi connectivity index (χ1) is 7.10. The lowest BCUT2D eigenvalue weighted by atomic mass is 10.2. The molecular formula is C9H10BrNO4. The van der Waals surface area contributed by atoms with Gasteiger partial charge in [-0.25, -0.2) is 0 Å². The van der Waals surface area contributed by atoms with Gasteiger partial charge in [0.05, 0.1) is 4.92 Å². The zero-order chi connectivity index (χ0) is 11.4. The summed E-state index contributed by atoms with van der Waals surface area (Å²) in [6.07, 6.45) is -0.612. The van der Waals surface area contributed by atoms with E-state index in [1.165, 1.54) is 26.4 Å². The number of hydrogen-bond acceptors (Lipinski definition) is 4. The van der Waals surface area contributed by atoms with Gasteiger partial charge in [-0.2, -0.15) is 0 Å². The van der Waals surface area contributed by atoms with Crippen molar-refractivity contribution in [2.45, 2.75) is 6.29 Å². The molecule has 0 aromatic heterocycles. The van der Waals surface area contributed by atoms with Gasteiger partial charge in [-0.3, -0.25) is 10.1 Å². The third-order valence-electron chi connectivity index (χ3n) is 1.87. The van der Waals surface area contributed by atoms with Gasteiger partial charge in [0.2, 0.25) is 0 Å². The Labute approximate surface area is 95.3 Å². The molecule has 0 heterocycles. The molecular weight excluding hydrogens is 266 g/mol. The average molecular weight is 276 g/mol. The van der Waals surface area contributed by atoms with Crippen LogP contribution in [-0.2, 0) is 9.47 Å². The minimum atomic E-state index is -0.612. The number of nitro benzene ring substituents is 1. The van der Waals surface area contributed by atoms with E-state index in [0.717, 1.165) is 0 Å². The van der Waals surface area contributed by atoms with Crippen LogP contribution in [0.25, 0.3) is 0 Å². The van der Waals surface area contributed by atoms with Crippen molar-refractivity contribution in [3.05, 3.63) is 38.3 Å². The van der Waals surface area contributed by atoms with Crippen LogP contribution in [0.1, 0.15) is 11.9 Å². The van der Waals surface area contributed by atoms with Gasteiger partial charge in [0.25, 0.3) is 5.69 Å². The van der Waals surface area contributed by atoms with Crippen molar-refractivity contribution in [2.24, 2.45) is 0 Å². The zero-order valence-electron chi connectivity index (χ0n) is 8.27. The summed E-state index contributed by atoms with van der Waals surface area (Å²) in [5.74, 6) is 0. The maximum absolute atomic E-state index is 10.6. The number of methoxy groups -OCH3 is 2. The molecule has 0 bridgehead atoms. The lowest BCUT2D eigenvalue weighted by molar-refractivity contribution is -0.385. The summed E-state index contributed by atoms with van der Waals surface area (Å²) in [4.78, 5) is 10.1. The van der Waals surface area contributed by atoms with Crippen LogP contribution in [0.4, 0.5) is 5.69 Å². The summed E-state index contributed by atoms with van der Waals surface area (Å²) in [5, 5.41) is 10.6. The normalized spacial score (nSPS) is 10.7. The molecule has 82 valence electrons. The van der Waals surface area contributed by atoms with E-state index >= 15 is 0 Å². The summed E-state index contributed by atoms with van der Waals surface area (Å²) >= 11 is 3.28. The van der Waals surface area contributed by atoms with E-state index in [1.807, 2.05) is 0 Å². The molecule has 0 saturated carbocycles. The van der Waals surface area contributed by atoms with Gasteiger partial charge in [0.15, 0.2) is 6.29 Å². The van der Waals surface area contributed by atoms with Crippen molar-refractivity contribution in [2.75, 3.05) is 14.2 Å². The van der Waals surface area contributed by atoms with Crippen LogP contribution in [0.2, 0.25) is 0 Å². The van der Waals surface area contributed by atoms with Gasteiger partial charge in [-0.15, -0.1) is 0 Å². The highest BCUT2D eigenvalue weighted by molar-refractivity contribution is 9.10. The van der Waals surface area contributed by atoms with Crippen molar-refractivity contribution in [1.29, 1.82) is 0 Å². The van der Waals surface area contributed by atoms with E-state index in [9.17, 15) is 10.1 Å². The Bertz CT molecular complexity index is 365. The van der Waals surface area contributed by atoms with Crippen molar-refractivity contribution in [1.82, 2.24) is 0 Å². The molecule has 5 nitrogen and oxygen atoms in total. The van der Waals surface area contributed by atoms with Gasteiger partial charge < -0.3 is 9.47 Å². The average Bonchev–Trinajstić information content (AvgIpc) is 2.22. The van der Waals surface area contributed by atoms with Crippen LogP contribution in [0, 0.1) is 10.1 Å². The van der Waals surface area contributed by atoms with Crippen LogP contribution in [-0.4, -0.2) is 19.1 Å². The first-order valence-corrected chi connectivity index (χ1v) is 4.89. The number of rotatable bonds is 4. The van der Waals surface area contributed by atoms with Gasteiger partial charge in [-0.05, 0) is 6.07 Å². The molecule has 0 amide bonds. The van der Waals surface area contributed by atoms with E-state index < -0.39 is 11.2 Å². The van der Waals surface area contributed by atoms with Crippen molar-refractivity contribution < 1.29 is 14.4 Å². The van der Waals surface area contributed by atoms with Crippen LogP contribution < -0.4 is 0 Å². The number of ether oxygens (including phenoxy) is 2. The first kappa shape index (κ1) is 12.1. The maximum atomic E-state index is 10.6. The Morgan fingerprint density at radius 3 is 2.47 bits per heavy atom. The molecule has 1 aromatic carbocycles. The highest BCUT2D eigenvalue weighted by Gasteiger charge is 2.17. The second-order valence-electron chi connectivity index (χ2n) is 2.77. The van der Waals surface area contributed by atoms with Crippen molar-refractivity contribution in [3.8, 4) is 0 Å². The quantitative estimate of drug-likeness (QED) is 0.482. The number of non-ortho nitro benzene ring substituents is 1. The van der Waals surface area contributed by atoms with Crippen LogP contribution in [0.15, 0.2) is 22.7 Å². The largest absolute Gasteiger partial charge is 0.352 e. The number of benzene rings is 1. The fourth-order valence-corrected chi connectivity index (χ4v) is 1.61. The van der Waals surface area contributed by atoms with Gasteiger partial charge >= 0.3 is 0 Å². The number of hydrogen-bond donors (Lipinski definition) is 0. The van der Waals surface area contributed by atoms with Gasteiger partial charge in [0.1, 0.15) is 0 Å². The van der Waals surface area contributed by atoms with Gasteiger partial charge in [0, 0.05) is 36.4 Å². The van der Waals surface area contributed by atoms with Gasteiger partial charge in [-0.1, -0.05) is 15.9 Å². The number of halogens is 1. The lowest BCUT2D eigenvalue weighted by Gasteiger charge is -2.14. The molecule has 15 heavy (non-hydrogen) atoms. The van der Waals surface area contributed by atoms with E-state index in [-0.39, 0.29) is 5.69 Å². The second kappa shape index (κ2) is 5.20. The maximum Gasteiger partial charge on any atom is 0.269 e. The molecule has 0 saturated heterocycles. The summed E-state index contributed by atoms with van der Waals surface area (Å²) in [6, 6.07) is 4.43. The van der Waals surface area contributed by atoms with E-state index in [4.69, 9.17) is 9.47 Å². The molecule has 0 N–H and O–H groups in total. The van der Waals surface area contributed by atoms with E-state index in [1.54, 1.807) is 6.07 Å². The lowest BCUT2D eigenvalue weighted by Crippen LogP contribution is -2.05. The topological polar surface area (TPSA) is 61.6 Å². The van der Waals surface area contributed by atoms with E-state index in [0.29, 0.717) is 10.0 Å². The minimum Gasteiger partial charge on any atom is -0.352 e. The summed E-state index contributed by atoms with van der Waals surface area (Å²) < 4.78 is 10.8. The Kier molecular flexibility index (Phi) is 4.19. The smallest absolute Gasteiger partial charge is 0.269 e. The Hall–Kier alpha value is -0.980. The minimum absolute atomic E-state index is 0.00676. The molecule has 6 heteroatoms. The molecule has 0 fully saturated rings. The molecule has 0 unspecified atom stereocenters. The molecule has 0 aliphatic heterocycles. The molecule has 1 aromatic rings. The fourth-order valence-electron chi connectivity index (χ4n) is 1.18. The predicted molar refractivity (Wildman–Crippen MR) is 57.6 cm³/mol. The van der Waals surface area contributed by atoms with Crippen LogP contribution in [0.3, 0.4) is 0 Å². The number of nitrogens with zero attached hydrogens (tertiary/aromatic N) is 1. The monoisotopic (exact) mass is 275 g/mol. The molecule has 0 radical (unpaired) electrons. The summed E-state index contributed by atoms with van der Waals surface area (Å²) in [5.41, 5.74) is 0.599. The van der Waals surface area contributed by atoms with Crippen molar-refractivity contribution >= 4 is 21.6 Å². The fraction of sp³-hybridized carbons (Fsp3) is 0.333. The highest BCUT2D eigenvalue weighted by Crippen LogP contribution is 2.29. The zero-order valence-corrected chi connectivity index (χ0v) is 9.85. The Balaban J connectivity index is 3.15.